The summed E-state index contributed by atoms with van der Waals surface area (Å²) < 4.78 is 6.23. The number of ether oxygens (including phenoxy) is 1. The summed E-state index contributed by atoms with van der Waals surface area (Å²) in [6, 6.07) is 0.563. The Morgan fingerprint density at radius 2 is 2.00 bits per heavy atom. The van der Waals surface area contributed by atoms with Gasteiger partial charge in [0.05, 0.1) is 12.2 Å². The van der Waals surface area contributed by atoms with E-state index < -0.39 is 0 Å². The van der Waals surface area contributed by atoms with Crippen LogP contribution in [0.25, 0.3) is 0 Å². The van der Waals surface area contributed by atoms with E-state index in [0.29, 0.717) is 23.7 Å². The molecule has 0 aliphatic heterocycles. The first-order valence-corrected chi connectivity index (χ1v) is 7.02. The van der Waals surface area contributed by atoms with Gasteiger partial charge in [0.15, 0.2) is 0 Å². The highest BCUT2D eigenvalue weighted by molar-refractivity contribution is 4.97. The van der Waals surface area contributed by atoms with Crippen molar-refractivity contribution in [2.75, 3.05) is 6.54 Å². The fraction of sp³-hybridized carbons (Fsp3) is 1.00. The monoisotopic (exact) mass is 225 g/mol. The Morgan fingerprint density at radius 1 is 1.25 bits per heavy atom. The van der Waals surface area contributed by atoms with E-state index in [0.717, 1.165) is 6.54 Å². The van der Waals surface area contributed by atoms with Crippen LogP contribution in [-0.2, 0) is 4.74 Å². The molecule has 2 unspecified atom stereocenters. The lowest BCUT2D eigenvalue weighted by atomic mass is 9.86. The molecule has 2 saturated carbocycles. The van der Waals surface area contributed by atoms with Gasteiger partial charge in [-0.3, -0.25) is 0 Å². The summed E-state index contributed by atoms with van der Waals surface area (Å²) in [4.78, 5) is 0. The molecular weight excluding hydrogens is 198 g/mol. The van der Waals surface area contributed by atoms with E-state index in [1.165, 1.54) is 38.5 Å². The fourth-order valence-electron chi connectivity index (χ4n) is 2.95. The molecule has 0 aromatic heterocycles. The van der Waals surface area contributed by atoms with Crippen LogP contribution in [0.4, 0.5) is 0 Å². The molecular formula is C14H27NO. The summed E-state index contributed by atoms with van der Waals surface area (Å²) in [7, 11) is 0. The molecule has 2 atom stereocenters. The Kier molecular flexibility index (Phi) is 3.91. The van der Waals surface area contributed by atoms with Crippen LogP contribution in [0, 0.1) is 5.41 Å². The van der Waals surface area contributed by atoms with Crippen LogP contribution in [0.5, 0.6) is 0 Å². The summed E-state index contributed by atoms with van der Waals surface area (Å²) in [6.45, 7) is 8.12. The zero-order chi connectivity index (χ0) is 11.6. The molecule has 0 amide bonds. The van der Waals surface area contributed by atoms with Crippen LogP contribution >= 0.6 is 0 Å². The maximum Gasteiger partial charge on any atom is 0.0737 e. The van der Waals surface area contributed by atoms with Gasteiger partial charge in [0.2, 0.25) is 0 Å². The standard InChI is InChI=1S/C14H27NO/c1-4-10-15-13-12(8-9-14(13,2)3)16-11-6-5-7-11/h11-13,15H,4-10H2,1-3H3. The highest BCUT2D eigenvalue weighted by Gasteiger charge is 2.43. The minimum atomic E-state index is 0.406. The molecule has 0 bridgehead atoms. The predicted octanol–water partition coefficient (Wildman–Crippen LogP) is 3.11. The molecule has 16 heavy (non-hydrogen) atoms. The van der Waals surface area contributed by atoms with Crippen molar-refractivity contribution in [1.82, 2.24) is 5.32 Å². The molecule has 0 saturated heterocycles. The Labute approximate surface area is 100 Å². The maximum atomic E-state index is 6.23. The van der Waals surface area contributed by atoms with Crippen molar-refractivity contribution in [1.29, 1.82) is 0 Å². The molecule has 2 fully saturated rings. The van der Waals surface area contributed by atoms with Gasteiger partial charge in [-0.05, 0) is 50.5 Å². The van der Waals surface area contributed by atoms with Crippen molar-refractivity contribution in [2.45, 2.75) is 77.5 Å². The van der Waals surface area contributed by atoms with E-state index in [1.54, 1.807) is 0 Å². The number of rotatable bonds is 5. The zero-order valence-electron chi connectivity index (χ0n) is 11.1. The van der Waals surface area contributed by atoms with E-state index in [1.807, 2.05) is 0 Å². The topological polar surface area (TPSA) is 21.3 Å². The van der Waals surface area contributed by atoms with Gasteiger partial charge in [-0.2, -0.15) is 0 Å². The lowest BCUT2D eigenvalue weighted by Crippen LogP contribution is -2.47. The SMILES string of the molecule is CCCNC1C(OC2CCC2)CCC1(C)C. The van der Waals surface area contributed by atoms with Gasteiger partial charge in [-0.15, -0.1) is 0 Å². The van der Waals surface area contributed by atoms with Crippen LogP contribution in [0.3, 0.4) is 0 Å². The number of hydrogen-bond acceptors (Lipinski definition) is 2. The van der Waals surface area contributed by atoms with Crippen LogP contribution in [-0.4, -0.2) is 24.8 Å². The highest BCUT2D eigenvalue weighted by Crippen LogP contribution is 2.40. The highest BCUT2D eigenvalue weighted by atomic mass is 16.5. The Hall–Kier alpha value is -0.0800. The van der Waals surface area contributed by atoms with Gasteiger partial charge in [0.25, 0.3) is 0 Å². The van der Waals surface area contributed by atoms with Gasteiger partial charge >= 0.3 is 0 Å². The molecule has 0 aromatic carbocycles. The third kappa shape index (κ3) is 2.60. The summed E-state index contributed by atoms with van der Waals surface area (Å²) in [6.07, 6.45) is 8.74. The van der Waals surface area contributed by atoms with E-state index in [-0.39, 0.29) is 0 Å². The molecule has 1 N–H and O–H groups in total. The molecule has 2 aliphatic carbocycles. The normalized spacial score (nSPS) is 33.9. The maximum absolute atomic E-state index is 6.23. The van der Waals surface area contributed by atoms with E-state index >= 15 is 0 Å². The van der Waals surface area contributed by atoms with E-state index in [4.69, 9.17) is 4.74 Å². The van der Waals surface area contributed by atoms with Crippen molar-refractivity contribution in [2.24, 2.45) is 5.41 Å². The third-order valence-electron chi connectivity index (χ3n) is 4.32. The van der Waals surface area contributed by atoms with E-state index in [9.17, 15) is 0 Å². The average Bonchev–Trinajstić information content (AvgIpc) is 2.45. The molecule has 0 radical (unpaired) electrons. The lowest BCUT2D eigenvalue weighted by molar-refractivity contribution is -0.0639. The molecule has 2 heteroatoms. The smallest absolute Gasteiger partial charge is 0.0737 e. The van der Waals surface area contributed by atoms with Crippen LogP contribution in [0.2, 0.25) is 0 Å². The number of hydrogen-bond donors (Lipinski definition) is 1. The van der Waals surface area contributed by atoms with Crippen LogP contribution < -0.4 is 5.32 Å². The van der Waals surface area contributed by atoms with Gasteiger partial charge < -0.3 is 10.1 Å². The Balaban J connectivity index is 1.89. The first-order chi connectivity index (χ1) is 7.63. The van der Waals surface area contributed by atoms with Gasteiger partial charge in [-0.1, -0.05) is 20.8 Å². The van der Waals surface area contributed by atoms with Crippen LogP contribution in [0.1, 0.15) is 59.3 Å². The second kappa shape index (κ2) is 5.05. The second-order valence-electron chi connectivity index (χ2n) is 6.19. The molecule has 0 aromatic rings. The Bertz CT molecular complexity index is 223. The summed E-state index contributed by atoms with van der Waals surface area (Å²) in [5.74, 6) is 0. The molecule has 94 valence electrons. The molecule has 2 nitrogen and oxygen atoms in total. The van der Waals surface area contributed by atoms with E-state index in [2.05, 4.69) is 26.1 Å². The largest absolute Gasteiger partial charge is 0.373 e. The molecule has 0 spiro atoms. The van der Waals surface area contributed by atoms with Gasteiger partial charge in [0.1, 0.15) is 0 Å². The van der Waals surface area contributed by atoms with Crippen molar-refractivity contribution in [3.8, 4) is 0 Å². The summed E-state index contributed by atoms with van der Waals surface area (Å²) in [5, 5.41) is 3.70. The minimum absolute atomic E-state index is 0.406. The van der Waals surface area contributed by atoms with Crippen molar-refractivity contribution >= 4 is 0 Å². The van der Waals surface area contributed by atoms with Crippen molar-refractivity contribution in [3.05, 3.63) is 0 Å². The first-order valence-electron chi connectivity index (χ1n) is 7.02. The third-order valence-corrected chi connectivity index (χ3v) is 4.32. The quantitative estimate of drug-likeness (QED) is 0.776. The molecule has 2 aliphatic rings. The average molecular weight is 225 g/mol. The zero-order valence-corrected chi connectivity index (χ0v) is 11.1. The van der Waals surface area contributed by atoms with Gasteiger partial charge in [0, 0.05) is 6.04 Å². The summed E-state index contributed by atoms with van der Waals surface area (Å²) in [5.41, 5.74) is 0.406. The van der Waals surface area contributed by atoms with Crippen molar-refractivity contribution < 1.29 is 4.74 Å². The lowest BCUT2D eigenvalue weighted by Gasteiger charge is -2.35. The second-order valence-corrected chi connectivity index (χ2v) is 6.19. The fourth-order valence-corrected chi connectivity index (χ4v) is 2.95. The first kappa shape index (κ1) is 12.4. The van der Waals surface area contributed by atoms with Gasteiger partial charge in [-0.25, -0.2) is 0 Å². The predicted molar refractivity (Wildman–Crippen MR) is 67.6 cm³/mol. The summed E-state index contributed by atoms with van der Waals surface area (Å²) >= 11 is 0. The van der Waals surface area contributed by atoms with Crippen LogP contribution in [0.15, 0.2) is 0 Å². The molecule has 2 rings (SSSR count). The molecule has 0 heterocycles. The Morgan fingerprint density at radius 3 is 2.56 bits per heavy atom. The minimum Gasteiger partial charge on any atom is -0.373 e. The van der Waals surface area contributed by atoms with Crippen molar-refractivity contribution in [3.63, 3.8) is 0 Å². The number of nitrogens with one attached hydrogen (secondary N) is 1.